The average Bonchev–Trinajstić information content (AvgIpc) is 3.73. The summed E-state index contributed by atoms with van der Waals surface area (Å²) in [6.45, 7) is 3.38. The molecule has 0 radical (unpaired) electrons. The number of ether oxygens (including phenoxy) is 2. The van der Waals surface area contributed by atoms with Crippen LogP contribution in [-0.2, 0) is 29.1 Å². The second-order valence-corrected chi connectivity index (χ2v) is 12.7. The quantitative estimate of drug-likeness (QED) is 0.303. The number of hydrogen-bond donors (Lipinski definition) is 1. The van der Waals surface area contributed by atoms with Gasteiger partial charge in [-0.25, -0.2) is 4.79 Å². The lowest BCUT2D eigenvalue weighted by atomic mass is 10.0. The Hall–Kier alpha value is -4.19. The van der Waals surface area contributed by atoms with Gasteiger partial charge in [0.1, 0.15) is 18.0 Å². The maximum absolute atomic E-state index is 13.3. The predicted molar refractivity (Wildman–Crippen MR) is 167 cm³/mol. The molecule has 226 valence electrons. The molecule has 1 atom stereocenters. The molecule has 0 bridgehead atoms. The minimum Gasteiger partial charge on any atom is -0.497 e. The molecule has 3 aliphatic rings. The van der Waals surface area contributed by atoms with Gasteiger partial charge in [0, 0.05) is 65.4 Å². The Morgan fingerprint density at radius 2 is 1.89 bits per heavy atom. The van der Waals surface area contributed by atoms with Gasteiger partial charge in [-0.1, -0.05) is 23.7 Å². The van der Waals surface area contributed by atoms with Crippen LogP contribution in [0.15, 0.2) is 54.7 Å². The highest BCUT2D eigenvalue weighted by Gasteiger charge is 2.37. The monoisotopic (exact) mass is 631 g/mol. The smallest absolute Gasteiger partial charge is 0.327 e. The van der Waals surface area contributed by atoms with Gasteiger partial charge < -0.3 is 24.6 Å². The number of benzene rings is 2. The molecule has 12 heteroatoms. The number of halogens is 1. The summed E-state index contributed by atoms with van der Waals surface area (Å²) in [6, 6.07) is 14.6. The first kappa shape index (κ1) is 28.6. The van der Waals surface area contributed by atoms with Crippen LogP contribution in [-0.4, -0.2) is 83.5 Å². The van der Waals surface area contributed by atoms with Gasteiger partial charge in [0.25, 0.3) is 11.8 Å². The third-order valence-electron chi connectivity index (χ3n) is 8.23. The van der Waals surface area contributed by atoms with Gasteiger partial charge in [-0.3, -0.25) is 19.5 Å². The lowest BCUT2D eigenvalue weighted by molar-refractivity contribution is -0.138. The molecular weight excluding hydrogens is 602 g/mol. The van der Waals surface area contributed by atoms with Crippen LogP contribution >= 0.6 is 22.9 Å². The lowest BCUT2D eigenvalue weighted by Crippen LogP contribution is -2.50. The van der Waals surface area contributed by atoms with E-state index in [1.165, 1.54) is 16.2 Å². The van der Waals surface area contributed by atoms with Crippen molar-refractivity contribution >= 4 is 51.0 Å². The van der Waals surface area contributed by atoms with Crippen molar-refractivity contribution in [2.24, 2.45) is 0 Å². The number of rotatable bonds is 7. The zero-order valence-electron chi connectivity index (χ0n) is 24.0. The fourth-order valence-electron chi connectivity index (χ4n) is 6.00. The minimum absolute atomic E-state index is 0.00563. The van der Waals surface area contributed by atoms with Gasteiger partial charge >= 0.3 is 6.03 Å². The number of carbonyl (C=O) groups excluding carboxylic acids is 3. The molecule has 2 fully saturated rings. The molecule has 44 heavy (non-hydrogen) atoms. The minimum atomic E-state index is -0.587. The summed E-state index contributed by atoms with van der Waals surface area (Å²) < 4.78 is 12.5. The Balaban J connectivity index is 1.12. The van der Waals surface area contributed by atoms with Crippen LogP contribution in [0.25, 0.3) is 21.3 Å². The van der Waals surface area contributed by atoms with E-state index in [9.17, 15) is 14.4 Å². The number of urea groups is 1. The van der Waals surface area contributed by atoms with Crippen LogP contribution in [0.3, 0.4) is 0 Å². The van der Waals surface area contributed by atoms with Gasteiger partial charge in [-0.05, 0) is 42.0 Å². The molecular formula is C32H30ClN5O5S. The van der Waals surface area contributed by atoms with Crippen molar-refractivity contribution in [2.75, 3.05) is 39.8 Å². The van der Waals surface area contributed by atoms with Crippen molar-refractivity contribution in [1.82, 2.24) is 25.0 Å². The highest BCUT2D eigenvalue weighted by Crippen LogP contribution is 2.45. The Labute approximate surface area is 263 Å². The number of carbonyl (C=O) groups is 3. The summed E-state index contributed by atoms with van der Waals surface area (Å²) in [7, 11) is 1.59. The molecule has 1 N–H and O–H groups in total. The topological polar surface area (TPSA) is 104 Å². The number of thiophene rings is 1. The molecule has 4 amide bonds. The number of piperazine rings is 1. The van der Waals surface area contributed by atoms with Crippen LogP contribution in [0.4, 0.5) is 4.79 Å². The largest absolute Gasteiger partial charge is 0.497 e. The molecule has 7 rings (SSSR count). The van der Waals surface area contributed by atoms with E-state index < -0.39 is 6.10 Å². The molecule has 0 aliphatic carbocycles. The van der Waals surface area contributed by atoms with Gasteiger partial charge in [0.15, 0.2) is 6.10 Å². The van der Waals surface area contributed by atoms with E-state index in [-0.39, 0.29) is 37.5 Å². The number of nitrogens with zero attached hydrogens (tertiary/aromatic N) is 4. The van der Waals surface area contributed by atoms with Gasteiger partial charge in [-0.15, -0.1) is 11.3 Å². The van der Waals surface area contributed by atoms with Crippen molar-refractivity contribution in [3.05, 3.63) is 75.8 Å². The fourth-order valence-corrected chi connectivity index (χ4v) is 7.40. The summed E-state index contributed by atoms with van der Waals surface area (Å²) in [4.78, 5) is 49.5. The summed E-state index contributed by atoms with van der Waals surface area (Å²) in [5.74, 6) is 1.14. The van der Waals surface area contributed by atoms with Gasteiger partial charge in [-0.2, -0.15) is 0 Å². The van der Waals surface area contributed by atoms with E-state index in [0.717, 1.165) is 50.4 Å². The number of fused-ring (bicyclic) bond motifs is 2. The molecule has 10 nitrogen and oxygen atoms in total. The highest BCUT2D eigenvalue weighted by molar-refractivity contribution is 7.19. The van der Waals surface area contributed by atoms with E-state index in [2.05, 4.69) is 10.3 Å². The first-order chi connectivity index (χ1) is 21.4. The SMILES string of the molecule is COc1ccc(CN2C(=O)CN(Cc3cc4nccc(-c5cc(Cl)cc6c5O[C@@H](C(=O)N5CCNCC5)C6)c4s3)C2=O)cc1. The summed E-state index contributed by atoms with van der Waals surface area (Å²) in [6.07, 6.45) is 1.62. The number of pyridine rings is 1. The van der Waals surface area contributed by atoms with Crippen LogP contribution in [0, 0.1) is 0 Å². The maximum Gasteiger partial charge on any atom is 0.327 e. The zero-order valence-corrected chi connectivity index (χ0v) is 25.6. The highest BCUT2D eigenvalue weighted by atomic mass is 35.5. The molecule has 4 aromatic rings. The molecule has 0 spiro atoms. The second kappa shape index (κ2) is 11.7. The lowest BCUT2D eigenvalue weighted by Gasteiger charge is -2.29. The first-order valence-electron chi connectivity index (χ1n) is 14.5. The normalized spacial score (nSPS) is 18.2. The zero-order chi connectivity index (χ0) is 30.4. The fraction of sp³-hybridized carbons (Fsp3) is 0.312. The number of hydrogen-bond acceptors (Lipinski definition) is 8. The standard InChI is InChI=1S/C32H30ClN5O5S/c1-42-22-4-2-19(3-5-22)16-38-28(39)18-37(32(38)41)17-23-15-26-30(44-23)24(6-7-35-26)25-14-21(33)12-20-13-27(43-29(20)25)31(40)36-10-8-34-9-11-36/h2-7,12,14-15,27,34H,8-11,13,16-18H2,1H3/t27-/m1/s1. The Bertz CT molecular complexity index is 1770. The summed E-state index contributed by atoms with van der Waals surface area (Å²) in [5, 5.41) is 3.84. The number of imide groups is 1. The van der Waals surface area contributed by atoms with E-state index >= 15 is 0 Å². The molecule has 0 saturated carbocycles. The van der Waals surface area contributed by atoms with E-state index in [4.69, 9.17) is 21.1 Å². The summed E-state index contributed by atoms with van der Waals surface area (Å²) >= 11 is 8.10. The van der Waals surface area contributed by atoms with E-state index in [1.807, 2.05) is 53.4 Å². The van der Waals surface area contributed by atoms with Gasteiger partial charge in [0.2, 0.25) is 0 Å². The average molecular weight is 632 g/mol. The molecule has 3 aliphatic heterocycles. The van der Waals surface area contributed by atoms with E-state index in [0.29, 0.717) is 36.0 Å². The van der Waals surface area contributed by atoms with Crippen molar-refractivity contribution < 1.29 is 23.9 Å². The second-order valence-electron chi connectivity index (χ2n) is 11.1. The molecule has 2 aromatic heterocycles. The third-order valence-corrected chi connectivity index (χ3v) is 9.59. The predicted octanol–water partition coefficient (Wildman–Crippen LogP) is 4.33. The number of aromatic nitrogens is 1. The van der Waals surface area contributed by atoms with Crippen LogP contribution in [0.1, 0.15) is 16.0 Å². The van der Waals surface area contributed by atoms with Crippen molar-refractivity contribution in [3.63, 3.8) is 0 Å². The third kappa shape index (κ3) is 5.36. The Morgan fingerprint density at radius 1 is 1.09 bits per heavy atom. The van der Waals surface area contributed by atoms with Crippen molar-refractivity contribution in [2.45, 2.75) is 25.6 Å². The molecule has 2 aromatic carbocycles. The van der Waals surface area contributed by atoms with Crippen LogP contribution in [0.5, 0.6) is 11.5 Å². The molecule has 0 unspecified atom stereocenters. The van der Waals surface area contributed by atoms with Crippen LogP contribution in [0.2, 0.25) is 5.02 Å². The van der Waals surface area contributed by atoms with E-state index in [1.54, 1.807) is 18.2 Å². The number of nitrogens with one attached hydrogen (secondary N) is 1. The van der Waals surface area contributed by atoms with Crippen molar-refractivity contribution in [1.29, 1.82) is 0 Å². The Kier molecular flexibility index (Phi) is 7.61. The summed E-state index contributed by atoms with van der Waals surface area (Å²) in [5.41, 5.74) is 4.22. The molecule has 5 heterocycles. The number of methoxy groups -OCH3 is 1. The number of amides is 4. The first-order valence-corrected chi connectivity index (χ1v) is 15.7. The molecule has 2 saturated heterocycles. The van der Waals surface area contributed by atoms with Crippen molar-refractivity contribution in [3.8, 4) is 22.6 Å². The van der Waals surface area contributed by atoms with Gasteiger partial charge in [0.05, 0.1) is 30.4 Å². The Morgan fingerprint density at radius 3 is 2.66 bits per heavy atom. The maximum atomic E-state index is 13.3. The van der Waals surface area contributed by atoms with Crippen LogP contribution < -0.4 is 14.8 Å².